The van der Waals surface area contributed by atoms with Gasteiger partial charge in [0.05, 0.1) is 35.5 Å². The lowest BCUT2D eigenvalue weighted by molar-refractivity contribution is 0.281. The standard InChI is InChI=1S/C25H22FN5O/c1-16-13-31(15-27-16)22-11-10-20(12-18(22)14-32)28-21-4-3-5-23-24(21)29-25(30(23)2)17-6-8-19(26)9-7-17/h3-13,15,28,32H,14H2,1-2H3. The van der Waals surface area contributed by atoms with Gasteiger partial charge in [0.2, 0.25) is 0 Å². The molecule has 0 bridgehead atoms. The minimum atomic E-state index is -0.274. The lowest BCUT2D eigenvalue weighted by atomic mass is 10.1. The van der Waals surface area contributed by atoms with E-state index in [1.807, 2.05) is 65.7 Å². The van der Waals surface area contributed by atoms with Crippen LogP contribution in [0.25, 0.3) is 28.1 Å². The highest BCUT2D eigenvalue weighted by Crippen LogP contribution is 2.31. The molecule has 2 heterocycles. The van der Waals surface area contributed by atoms with Gasteiger partial charge in [-0.3, -0.25) is 0 Å². The molecule has 0 amide bonds. The number of halogens is 1. The van der Waals surface area contributed by atoms with Crippen molar-refractivity contribution in [3.63, 3.8) is 0 Å². The molecular weight excluding hydrogens is 405 g/mol. The Labute approximate surface area is 184 Å². The first-order valence-corrected chi connectivity index (χ1v) is 10.3. The highest BCUT2D eigenvalue weighted by atomic mass is 19.1. The molecule has 0 atom stereocenters. The number of hydrogen-bond donors (Lipinski definition) is 2. The second-order valence-corrected chi connectivity index (χ2v) is 7.72. The summed E-state index contributed by atoms with van der Waals surface area (Å²) in [5.74, 6) is 0.486. The van der Waals surface area contributed by atoms with Crippen LogP contribution >= 0.6 is 0 Å². The van der Waals surface area contributed by atoms with Crippen LogP contribution in [0.4, 0.5) is 15.8 Å². The molecule has 0 spiro atoms. The maximum absolute atomic E-state index is 13.4. The molecule has 0 unspecified atom stereocenters. The summed E-state index contributed by atoms with van der Waals surface area (Å²) in [6, 6.07) is 18.1. The monoisotopic (exact) mass is 427 g/mol. The summed E-state index contributed by atoms with van der Waals surface area (Å²) in [7, 11) is 1.95. The molecule has 0 saturated carbocycles. The van der Waals surface area contributed by atoms with Crippen LogP contribution in [0.1, 0.15) is 11.3 Å². The van der Waals surface area contributed by atoms with E-state index in [1.54, 1.807) is 18.5 Å². The molecule has 0 aliphatic heterocycles. The fourth-order valence-corrected chi connectivity index (χ4v) is 3.92. The molecule has 160 valence electrons. The third kappa shape index (κ3) is 3.52. The van der Waals surface area contributed by atoms with Gasteiger partial charge < -0.3 is 19.6 Å². The third-order valence-electron chi connectivity index (χ3n) is 5.53. The quantitative estimate of drug-likeness (QED) is 0.409. The molecule has 0 aliphatic rings. The Kier molecular flexibility index (Phi) is 4.95. The van der Waals surface area contributed by atoms with E-state index in [0.29, 0.717) is 0 Å². The van der Waals surface area contributed by atoms with Crippen LogP contribution in [0.3, 0.4) is 0 Å². The summed E-state index contributed by atoms with van der Waals surface area (Å²) in [5, 5.41) is 13.4. The van der Waals surface area contributed by atoms with Gasteiger partial charge in [-0.05, 0) is 61.5 Å². The number of hydrogen-bond acceptors (Lipinski definition) is 4. The number of anilines is 2. The molecule has 5 rings (SSSR count). The predicted octanol–water partition coefficient (Wildman–Crippen LogP) is 5.11. The molecule has 32 heavy (non-hydrogen) atoms. The Morgan fingerprint density at radius 1 is 1.06 bits per heavy atom. The molecule has 7 heteroatoms. The number of nitrogens with one attached hydrogen (secondary N) is 1. The van der Waals surface area contributed by atoms with Crippen molar-refractivity contribution in [3.8, 4) is 17.1 Å². The summed E-state index contributed by atoms with van der Waals surface area (Å²) in [5.41, 5.74) is 6.89. The van der Waals surface area contributed by atoms with Gasteiger partial charge in [0, 0.05) is 30.1 Å². The van der Waals surface area contributed by atoms with Crippen LogP contribution in [0.5, 0.6) is 0 Å². The zero-order chi connectivity index (χ0) is 22.2. The second kappa shape index (κ2) is 7.94. The zero-order valence-corrected chi connectivity index (χ0v) is 17.7. The first kappa shape index (κ1) is 20.0. The van der Waals surface area contributed by atoms with Crippen molar-refractivity contribution in [2.24, 2.45) is 7.05 Å². The normalized spacial score (nSPS) is 11.2. The van der Waals surface area contributed by atoms with Crippen LogP contribution in [0.2, 0.25) is 0 Å². The first-order valence-electron chi connectivity index (χ1n) is 10.3. The van der Waals surface area contributed by atoms with Crippen LogP contribution in [0.15, 0.2) is 73.2 Å². The number of nitrogens with zero attached hydrogens (tertiary/aromatic N) is 4. The van der Waals surface area contributed by atoms with E-state index in [9.17, 15) is 9.50 Å². The van der Waals surface area contributed by atoms with E-state index in [0.717, 1.165) is 50.7 Å². The summed E-state index contributed by atoms with van der Waals surface area (Å²) in [6.07, 6.45) is 3.66. The van der Waals surface area contributed by atoms with Crippen LogP contribution < -0.4 is 5.32 Å². The van der Waals surface area contributed by atoms with E-state index in [-0.39, 0.29) is 12.4 Å². The highest BCUT2D eigenvalue weighted by Gasteiger charge is 2.14. The van der Waals surface area contributed by atoms with Crippen molar-refractivity contribution in [2.75, 3.05) is 5.32 Å². The molecular formula is C25H22FN5O. The van der Waals surface area contributed by atoms with E-state index in [1.165, 1.54) is 12.1 Å². The second-order valence-electron chi connectivity index (χ2n) is 7.72. The molecule has 2 aromatic heterocycles. The van der Waals surface area contributed by atoms with Crippen molar-refractivity contribution in [2.45, 2.75) is 13.5 Å². The number of imidazole rings is 2. The van der Waals surface area contributed by atoms with E-state index in [2.05, 4.69) is 10.3 Å². The maximum atomic E-state index is 13.4. The average molecular weight is 427 g/mol. The van der Waals surface area contributed by atoms with Crippen molar-refractivity contribution < 1.29 is 9.50 Å². The number of para-hydroxylation sites is 1. The lowest BCUT2D eigenvalue weighted by Gasteiger charge is -2.13. The van der Waals surface area contributed by atoms with Crippen molar-refractivity contribution in [1.82, 2.24) is 19.1 Å². The van der Waals surface area contributed by atoms with Gasteiger partial charge in [0.1, 0.15) is 17.2 Å². The van der Waals surface area contributed by atoms with Gasteiger partial charge in [-0.15, -0.1) is 0 Å². The van der Waals surface area contributed by atoms with E-state index < -0.39 is 0 Å². The molecule has 2 N–H and O–H groups in total. The SMILES string of the molecule is Cc1cn(-c2ccc(Nc3cccc4c3nc(-c3ccc(F)cc3)n4C)cc2CO)cn1. The van der Waals surface area contributed by atoms with Gasteiger partial charge >= 0.3 is 0 Å². The number of fused-ring (bicyclic) bond motifs is 1. The van der Waals surface area contributed by atoms with Crippen molar-refractivity contribution >= 4 is 22.4 Å². The smallest absolute Gasteiger partial charge is 0.140 e. The Morgan fingerprint density at radius 2 is 1.88 bits per heavy atom. The topological polar surface area (TPSA) is 67.9 Å². The predicted molar refractivity (Wildman–Crippen MR) is 124 cm³/mol. The highest BCUT2D eigenvalue weighted by molar-refractivity contribution is 5.93. The molecule has 5 aromatic rings. The van der Waals surface area contributed by atoms with Gasteiger partial charge in [0.25, 0.3) is 0 Å². The van der Waals surface area contributed by atoms with Gasteiger partial charge in [0.15, 0.2) is 0 Å². The fraction of sp³-hybridized carbons (Fsp3) is 0.120. The molecule has 0 saturated heterocycles. The van der Waals surface area contributed by atoms with Gasteiger partial charge in [-0.25, -0.2) is 14.4 Å². The molecule has 3 aromatic carbocycles. The minimum absolute atomic E-state index is 0.0927. The number of aryl methyl sites for hydroxylation is 2. The summed E-state index contributed by atoms with van der Waals surface area (Å²) < 4.78 is 17.3. The van der Waals surface area contributed by atoms with Gasteiger partial charge in [-0.1, -0.05) is 6.07 Å². The molecule has 0 fully saturated rings. The number of aliphatic hydroxyl groups excluding tert-OH is 1. The minimum Gasteiger partial charge on any atom is -0.392 e. The number of benzene rings is 3. The molecule has 6 nitrogen and oxygen atoms in total. The number of aromatic nitrogens is 4. The number of rotatable bonds is 5. The van der Waals surface area contributed by atoms with Crippen molar-refractivity contribution in [3.05, 3.63) is 90.3 Å². The van der Waals surface area contributed by atoms with Crippen molar-refractivity contribution in [1.29, 1.82) is 0 Å². The molecule has 0 aliphatic carbocycles. The van der Waals surface area contributed by atoms with E-state index >= 15 is 0 Å². The first-order chi connectivity index (χ1) is 15.5. The maximum Gasteiger partial charge on any atom is 0.140 e. The summed E-state index contributed by atoms with van der Waals surface area (Å²) >= 11 is 0. The fourth-order valence-electron chi connectivity index (χ4n) is 3.92. The number of aliphatic hydroxyl groups is 1. The van der Waals surface area contributed by atoms with E-state index in [4.69, 9.17) is 4.98 Å². The summed E-state index contributed by atoms with van der Waals surface area (Å²) in [4.78, 5) is 9.10. The van der Waals surface area contributed by atoms with Gasteiger partial charge in [-0.2, -0.15) is 0 Å². The van der Waals surface area contributed by atoms with Crippen LogP contribution in [-0.4, -0.2) is 24.2 Å². The average Bonchev–Trinajstić information content (AvgIpc) is 3.38. The van der Waals surface area contributed by atoms with Crippen LogP contribution in [-0.2, 0) is 13.7 Å². The summed E-state index contributed by atoms with van der Waals surface area (Å²) in [6.45, 7) is 1.84. The Hall–Kier alpha value is -3.97. The Bertz CT molecular complexity index is 1420. The Morgan fingerprint density at radius 3 is 2.59 bits per heavy atom. The zero-order valence-electron chi connectivity index (χ0n) is 17.7. The third-order valence-corrected chi connectivity index (χ3v) is 5.53. The van der Waals surface area contributed by atoms with Crippen LogP contribution in [0, 0.1) is 12.7 Å². The largest absolute Gasteiger partial charge is 0.392 e. The Balaban J connectivity index is 1.53. The molecule has 0 radical (unpaired) electrons. The lowest BCUT2D eigenvalue weighted by Crippen LogP contribution is -2.00.